The van der Waals surface area contributed by atoms with E-state index < -0.39 is 0 Å². The van der Waals surface area contributed by atoms with E-state index in [9.17, 15) is 4.79 Å². The Morgan fingerprint density at radius 3 is 2.34 bits per heavy atom. The van der Waals surface area contributed by atoms with Crippen molar-refractivity contribution in [1.29, 1.82) is 0 Å². The van der Waals surface area contributed by atoms with E-state index in [2.05, 4.69) is 73.2 Å². The van der Waals surface area contributed by atoms with Crippen LogP contribution in [-0.4, -0.2) is 27.2 Å². The van der Waals surface area contributed by atoms with Gasteiger partial charge in [0.05, 0.1) is 5.75 Å². The molecule has 1 atom stereocenters. The van der Waals surface area contributed by atoms with E-state index in [1.54, 1.807) is 18.5 Å². The summed E-state index contributed by atoms with van der Waals surface area (Å²) in [4.78, 5) is 23.8. The maximum absolute atomic E-state index is 13.3. The summed E-state index contributed by atoms with van der Waals surface area (Å²) >= 11 is 1.38. The number of fused-ring (bicyclic) bond motifs is 1. The van der Waals surface area contributed by atoms with Gasteiger partial charge >= 0.3 is 0 Å². The van der Waals surface area contributed by atoms with Gasteiger partial charge in [0.25, 0.3) is 0 Å². The van der Waals surface area contributed by atoms with Crippen LogP contribution in [0.5, 0.6) is 0 Å². The zero-order valence-corrected chi connectivity index (χ0v) is 17.8. The lowest BCUT2D eigenvalue weighted by atomic mass is 9.65. The van der Waals surface area contributed by atoms with Gasteiger partial charge in [0.15, 0.2) is 5.16 Å². The number of aromatic nitrogens is 2. The topological polar surface area (TPSA) is 46.1 Å². The van der Waals surface area contributed by atoms with Gasteiger partial charge < -0.3 is 4.90 Å². The number of thioether (sulfide) groups is 1. The first-order valence-electron chi connectivity index (χ1n) is 9.80. The van der Waals surface area contributed by atoms with E-state index in [-0.39, 0.29) is 16.9 Å². The van der Waals surface area contributed by atoms with Gasteiger partial charge in [0, 0.05) is 29.0 Å². The highest BCUT2D eigenvalue weighted by molar-refractivity contribution is 7.99. The van der Waals surface area contributed by atoms with Crippen LogP contribution in [0.2, 0.25) is 0 Å². The molecule has 0 aliphatic carbocycles. The summed E-state index contributed by atoms with van der Waals surface area (Å²) in [6.45, 7) is 6.61. The molecule has 1 aliphatic rings. The molecule has 1 aromatic heterocycles. The Labute approximate surface area is 176 Å². The smallest absolute Gasteiger partial charge is 0.237 e. The van der Waals surface area contributed by atoms with E-state index >= 15 is 0 Å². The van der Waals surface area contributed by atoms with Crippen LogP contribution < -0.4 is 4.90 Å². The van der Waals surface area contributed by atoms with Crippen LogP contribution in [0.3, 0.4) is 0 Å². The molecule has 5 heteroatoms. The largest absolute Gasteiger partial charge is 0.306 e. The summed E-state index contributed by atoms with van der Waals surface area (Å²) in [6.07, 6.45) is 4.25. The van der Waals surface area contributed by atoms with Crippen LogP contribution in [0.4, 0.5) is 5.69 Å². The molecule has 1 amide bonds. The number of nitrogens with zero attached hydrogens (tertiary/aromatic N) is 3. The molecule has 3 aromatic rings. The molecule has 148 valence electrons. The highest BCUT2D eigenvalue weighted by atomic mass is 32.2. The predicted octanol–water partition coefficient (Wildman–Crippen LogP) is 5.09. The average molecular weight is 404 g/mol. The molecule has 29 heavy (non-hydrogen) atoms. The molecular formula is C24H25N3OS. The number of para-hydroxylation sites is 1. The van der Waals surface area contributed by atoms with Gasteiger partial charge in [0.2, 0.25) is 5.91 Å². The molecule has 1 aliphatic heterocycles. The van der Waals surface area contributed by atoms with Gasteiger partial charge in [-0.2, -0.15) is 0 Å². The lowest BCUT2D eigenvalue weighted by Crippen LogP contribution is -2.56. The van der Waals surface area contributed by atoms with E-state index in [0.29, 0.717) is 10.9 Å². The van der Waals surface area contributed by atoms with Crippen molar-refractivity contribution < 1.29 is 4.79 Å². The second kappa shape index (κ2) is 7.64. The highest BCUT2D eigenvalue weighted by Gasteiger charge is 2.47. The molecule has 0 fully saturated rings. The van der Waals surface area contributed by atoms with Crippen LogP contribution in [-0.2, 0) is 10.2 Å². The van der Waals surface area contributed by atoms with Crippen molar-refractivity contribution in [2.24, 2.45) is 0 Å². The van der Waals surface area contributed by atoms with E-state index in [1.165, 1.54) is 22.9 Å². The van der Waals surface area contributed by atoms with Crippen LogP contribution >= 0.6 is 11.8 Å². The van der Waals surface area contributed by atoms with Crippen molar-refractivity contribution in [3.8, 4) is 0 Å². The lowest BCUT2D eigenvalue weighted by molar-refractivity contribution is -0.117. The second-order valence-electron chi connectivity index (χ2n) is 8.25. The van der Waals surface area contributed by atoms with Crippen molar-refractivity contribution in [2.45, 2.75) is 43.3 Å². The van der Waals surface area contributed by atoms with Gasteiger partial charge in [-0.3, -0.25) is 4.79 Å². The van der Waals surface area contributed by atoms with Crippen molar-refractivity contribution in [3.05, 3.63) is 84.2 Å². The van der Waals surface area contributed by atoms with Gasteiger partial charge in [-0.25, -0.2) is 9.97 Å². The first-order valence-corrected chi connectivity index (χ1v) is 10.8. The minimum absolute atomic E-state index is 0.0787. The monoisotopic (exact) mass is 403 g/mol. The molecule has 4 rings (SSSR count). The quantitative estimate of drug-likeness (QED) is 0.450. The molecule has 0 saturated heterocycles. The molecule has 0 radical (unpaired) electrons. The third kappa shape index (κ3) is 3.67. The van der Waals surface area contributed by atoms with E-state index in [4.69, 9.17) is 0 Å². The Morgan fingerprint density at radius 2 is 1.62 bits per heavy atom. The molecule has 2 aromatic carbocycles. The molecular weight excluding hydrogens is 378 g/mol. The normalized spacial score (nSPS) is 20.2. The third-order valence-electron chi connectivity index (χ3n) is 5.66. The SMILES string of the molecule is CC1(c2ccccc2)CC(C)(C)N(C(=O)CSc2ncccn2)c2ccccc21. The number of rotatable bonds is 4. The Bertz CT molecular complexity index is 1010. The minimum atomic E-state index is -0.325. The van der Waals surface area contributed by atoms with Gasteiger partial charge in [-0.05, 0) is 43.5 Å². The van der Waals surface area contributed by atoms with Gasteiger partial charge in [-0.1, -0.05) is 67.2 Å². The van der Waals surface area contributed by atoms with E-state index in [0.717, 1.165) is 12.1 Å². The Balaban J connectivity index is 1.71. The minimum Gasteiger partial charge on any atom is -0.306 e. The predicted molar refractivity (Wildman–Crippen MR) is 118 cm³/mol. The summed E-state index contributed by atoms with van der Waals surface area (Å²) in [7, 11) is 0. The number of anilines is 1. The molecule has 0 spiro atoms. The van der Waals surface area contributed by atoms with Gasteiger partial charge in [0.1, 0.15) is 0 Å². The van der Waals surface area contributed by atoms with Crippen molar-refractivity contribution in [3.63, 3.8) is 0 Å². The number of benzene rings is 2. The average Bonchev–Trinajstić information content (AvgIpc) is 2.73. The lowest BCUT2D eigenvalue weighted by Gasteiger charge is -2.51. The molecule has 0 N–H and O–H groups in total. The number of amides is 1. The zero-order chi connectivity index (χ0) is 20.5. The van der Waals surface area contributed by atoms with Crippen LogP contribution in [0.1, 0.15) is 38.3 Å². The molecule has 2 heterocycles. The van der Waals surface area contributed by atoms with Crippen LogP contribution in [0, 0.1) is 0 Å². The summed E-state index contributed by atoms with van der Waals surface area (Å²) in [6, 6.07) is 20.7. The zero-order valence-electron chi connectivity index (χ0n) is 17.0. The fourth-order valence-corrected chi connectivity index (χ4v) is 5.24. The van der Waals surface area contributed by atoms with Crippen molar-refractivity contribution in [2.75, 3.05) is 10.7 Å². The molecule has 4 nitrogen and oxygen atoms in total. The highest BCUT2D eigenvalue weighted by Crippen LogP contribution is 2.50. The fourth-order valence-electron chi connectivity index (χ4n) is 4.59. The number of hydrogen-bond donors (Lipinski definition) is 0. The van der Waals surface area contributed by atoms with Crippen molar-refractivity contribution >= 4 is 23.4 Å². The Morgan fingerprint density at radius 1 is 0.966 bits per heavy atom. The van der Waals surface area contributed by atoms with E-state index in [1.807, 2.05) is 17.0 Å². The molecule has 1 unspecified atom stereocenters. The number of carbonyl (C=O) groups is 1. The standard InChI is InChI=1S/C24H25N3OS/c1-23(2)17-24(3,18-10-5-4-6-11-18)19-12-7-8-13-20(19)27(23)21(28)16-29-22-25-14-9-15-26-22/h4-15H,16-17H2,1-3H3. The van der Waals surface area contributed by atoms with Gasteiger partial charge in [-0.15, -0.1) is 0 Å². The third-order valence-corrected chi connectivity index (χ3v) is 6.52. The first kappa shape index (κ1) is 19.6. The summed E-state index contributed by atoms with van der Waals surface area (Å²) in [5.41, 5.74) is 2.98. The Hall–Kier alpha value is -2.66. The molecule has 0 bridgehead atoms. The summed E-state index contributed by atoms with van der Waals surface area (Å²) < 4.78 is 0. The fraction of sp³-hybridized carbons (Fsp3) is 0.292. The maximum atomic E-state index is 13.3. The van der Waals surface area contributed by atoms with Crippen molar-refractivity contribution in [1.82, 2.24) is 9.97 Å². The second-order valence-corrected chi connectivity index (χ2v) is 9.20. The summed E-state index contributed by atoms with van der Waals surface area (Å²) in [5, 5.41) is 0.623. The van der Waals surface area contributed by atoms with Crippen LogP contribution in [0.25, 0.3) is 0 Å². The maximum Gasteiger partial charge on any atom is 0.237 e. The number of hydrogen-bond acceptors (Lipinski definition) is 4. The molecule has 0 saturated carbocycles. The van der Waals surface area contributed by atoms with Crippen LogP contribution in [0.15, 0.2) is 78.2 Å². The number of carbonyl (C=O) groups excluding carboxylic acids is 1. The Kier molecular flexibility index (Phi) is 5.17. The first-order chi connectivity index (χ1) is 13.9. The summed E-state index contributed by atoms with van der Waals surface area (Å²) in [5.74, 6) is 0.388.